The molecule has 2 aromatic heterocycles. The topological polar surface area (TPSA) is 101 Å². The van der Waals surface area contributed by atoms with E-state index in [0.717, 1.165) is 32.6 Å². The third-order valence-corrected chi connectivity index (χ3v) is 6.62. The maximum Gasteiger partial charge on any atom is 0.203 e. The van der Waals surface area contributed by atoms with Crippen LogP contribution in [0, 0.1) is 0 Å². The SMILES string of the molecule is COc1cccc(-c2csc(-c3sc(Nc4cc(OC)c(OC)c(OC)c4)nc3N)n2)c1. The molecular weight excluding hydrogens is 448 g/mol. The normalized spacial score (nSPS) is 10.6. The lowest BCUT2D eigenvalue weighted by atomic mass is 10.2. The van der Waals surface area contributed by atoms with Crippen LogP contribution in [0.3, 0.4) is 0 Å². The molecule has 0 amide bonds. The van der Waals surface area contributed by atoms with E-state index in [9.17, 15) is 0 Å². The molecule has 0 radical (unpaired) electrons. The van der Waals surface area contributed by atoms with Crippen LogP contribution in [0.25, 0.3) is 21.1 Å². The molecule has 3 N–H and O–H groups in total. The maximum absolute atomic E-state index is 6.22. The minimum absolute atomic E-state index is 0.413. The molecule has 0 unspecified atom stereocenters. The van der Waals surface area contributed by atoms with E-state index in [1.54, 1.807) is 28.4 Å². The van der Waals surface area contributed by atoms with Crippen molar-refractivity contribution in [3.05, 3.63) is 41.8 Å². The molecule has 0 spiro atoms. The van der Waals surface area contributed by atoms with Crippen LogP contribution in [-0.2, 0) is 0 Å². The van der Waals surface area contributed by atoms with E-state index < -0.39 is 0 Å². The second-order valence-electron chi connectivity index (χ2n) is 6.54. The van der Waals surface area contributed by atoms with Gasteiger partial charge < -0.3 is 30.0 Å². The van der Waals surface area contributed by atoms with Crippen molar-refractivity contribution in [3.63, 3.8) is 0 Å². The number of hydrogen-bond donors (Lipinski definition) is 2. The Morgan fingerprint density at radius 1 is 0.906 bits per heavy atom. The Morgan fingerprint density at radius 3 is 2.31 bits per heavy atom. The zero-order valence-electron chi connectivity index (χ0n) is 18.0. The molecule has 0 saturated carbocycles. The zero-order valence-corrected chi connectivity index (χ0v) is 19.6. The predicted molar refractivity (Wildman–Crippen MR) is 129 cm³/mol. The number of methoxy groups -OCH3 is 4. The van der Waals surface area contributed by atoms with E-state index in [4.69, 9.17) is 29.7 Å². The van der Waals surface area contributed by atoms with Gasteiger partial charge in [0.25, 0.3) is 0 Å². The lowest BCUT2D eigenvalue weighted by molar-refractivity contribution is 0.324. The number of nitrogens with one attached hydrogen (secondary N) is 1. The standard InChI is InChI=1S/C22H22N4O4S2/c1-27-14-7-5-6-12(8-14)15-11-31-21(25-15)19-20(23)26-22(32-19)24-13-9-16(28-2)18(30-4)17(10-13)29-3/h5-11H,23H2,1-4H3,(H,24,26). The van der Waals surface area contributed by atoms with Crippen molar-refractivity contribution in [1.29, 1.82) is 0 Å². The smallest absolute Gasteiger partial charge is 0.203 e. The monoisotopic (exact) mass is 470 g/mol. The number of nitrogens with two attached hydrogens (primary N) is 1. The number of hydrogen-bond acceptors (Lipinski definition) is 10. The summed E-state index contributed by atoms with van der Waals surface area (Å²) >= 11 is 2.94. The fourth-order valence-corrected chi connectivity index (χ4v) is 4.94. The van der Waals surface area contributed by atoms with Crippen LogP contribution in [-0.4, -0.2) is 38.4 Å². The average molecular weight is 471 g/mol. The molecule has 32 heavy (non-hydrogen) atoms. The van der Waals surface area contributed by atoms with Crippen molar-refractivity contribution in [2.24, 2.45) is 0 Å². The number of nitrogen functional groups attached to an aromatic ring is 1. The molecule has 4 rings (SSSR count). The first-order valence-electron chi connectivity index (χ1n) is 9.50. The van der Waals surface area contributed by atoms with E-state index in [2.05, 4.69) is 10.3 Å². The van der Waals surface area contributed by atoms with Gasteiger partial charge in [-0.2, -0.15) is 0 Å². The Kier molecular flexibility index (Phi) is 6.33. The van der Waals surface area contributed by atoms with Gasteiger partial charge in [0.2, 0.25) is 5.75 Å². The van der Waals surface area contributed by atoms with Gasteiger partial charge in [0.05, 0.1) is 34.1 Å². The molecule has 0 aliphatic carbocycles. The molecule has 166 valence electrons. The summed E-state index contributed by atoms with van der Waals surface area (Å²) in [6, 6.07) is 11.4. The van der Waals surface area contributed by atoms with Crippen molar-refractivity contribution in [2.45, 2.75) is 0 Å². The molecule has 0 fully saturated rings. The third kappa shape index (κ3) is 4.27. The molecular formula is C22H22N4O4S2. The minimum Gasteiger partial charge on any atom is -0.497 e. The van der Waals surface area contributed by atoms with Crippen molar-refractivity contribution in [1.82, 2.24) is 9.97 Å². The molecule has 0 saturated heterocycles. The van der Waals surface area contributed by atoms with E-state index in [-0.39, 0.29) is 0 Å². The quantitative estimate of drug-likeness (QED) is 0.358. The highest BCUT2D eigenvalue weighted by Crippen LogP contribution is 2.43. The largest absolute Gasteiger partial charge is 0.497 e. The predicted octanol–water partition coefficient (Wildman–Crippen LogP) is 5.29. The lowest BCUT2D eigenvalue weighted by Gasteiger charge is -2.14. The summed E-state index contributed by atoms with van der Waals surface area (Å²) in [6.45, 7) is 0. The number of nitrogens with zero attached hydrogens (tertiary/aromatic N) is 2. The summed E-state index contributed by atoms with van der Waals surface area (Å²) in [5, 5.41) is 6.69. The van der Waals surface area contributed by atoms with Crippen molar-refractivity contribution in [3.8, 4) is 44.1 Å². The summed E-state index contributed by atoms with van der Waals surface area (Å²) in [5.74, 6) is 2.80. The van der Waals surface area contributed by atoms with Crippen LogP contribution in [0.15, 0.2) is 41.8 Å². The van der Waals surface area contributed by atoms with Crippen LogP contribution < -0.4 is 30.0 Å². The lowest BCUT2D eigenvalue weighted by Crippen LogP contribution is -1.97. The van der Waals surface area contributed by atoms with Crippen molar-refractivity contribution in [2.75, 3.05) is 39.5 Å². The maximum atomic E-state index is 6.22. The highest BCUT2D eigenvalue weighted by molar-refractivity contribution is 7.23. The van der Waals surface area contributed by atoms with Gasteiger partial charge in [-0.05, 0) is 12.1 Å². The Bertz CT molecular complexity index is 1210. The number of aromatic nitrogens is 2. The second kappa shape index (κ2) is 9.33. The summed E-state index contributed by atoms with van der Waals surface area (Å²) in [4.78, 5) is 10.0. The first kappa shape index (κ1) is 21.7. The van der Waals surface area contributed by atoms with Gasteiger partial charge in [0, 0.05) is 28.8 Å². The van der Waals surface area contributed by atoms with Gasteiger partial charge in [0.1, 0.15) is 21.5 Å². The Balaban J connectivity index is 1.61. The van der Waals surface area contributed by atoms with Gasteiger partial charge >= 0.3 is 0 Å². The van der Waals surface area contributed by atoms with Crippen molar-refractivity contribution >= 4 is 39.3 Å². The molecule has 0 aliphatic rings. The molecule has 0 atom stereocenters. The van der Waals surface area contributed by atoms with Crippen LogP contribution in [0.1, 0.15) is 0 Å². The Morgan fingerprint density at radius 2 is 1.66 bits per heavy atom. The Hall–Kier alpha value is -3.50. The van der Waals surface area contributed by atoms with Crippen molar-refractivity contribution < 1.29 is 18.9 Å². The highest BCUT2D eigenvalue weighted by Gasteiger charge is 2.17. The molecule has 2 aromatic carbocycles. The van der Waals surface area contributed by atoms with E-state index in [1.165, 1.54) is 22.7 Å². The molecule has 10 heteroatoms. The van der Waals surface area contributed by atoms with Crippen LogP contribution in [0.2, 0.25) is 0 Å². The van der Waals surface area contributed by atoms with Crippen LogP contribution >= 0.6 is 22.7 Å². The fourth-order valence-electron chi connectivity index (χ4n) is 3.11. The van der Waals surface area contributed by atoms with E-state index >= 15 is 0 Å². The number of anilines is 3. The summed E-state index contributed by atoms with van der Waals surface area (Å²) in [7, 11) is 6.35. The molecule has 8 nitrogen and oxygen atoms in total. The molecule has 2 heterocycles. The van der Waals surface area contributed by atoms with E-state index in [1.807, 2.05) is 41.8 Å². The van der Waals surface area contributed by atoms with Gasteiger partial charge in [-0.15, -0.1) is 11.3 Å². The summed E-state index contributed by atoms with van der Waals surface area (Å²) < 4.78 is 21.5. The van der Waals surface area contributed by atoms with E-state index in [0.29, 0.717) is 28.2 Å². The zero-order chi connectivity index (χ0) is 22.7. The van der Waals surface area contributed by atoms with Gasteiger partial charge in [-0.25, -0.2) is 9.97 Å². The molecule has 0 bridgehead atoms. The number of ether oxygens (including phenoxy) is 4. The molecule has 4 aromatic rings. The van der Waals surface area contributed by atoms with Gasteiger partial charge in [0.15, 0.2) is 16.6 Å². The van der Waals surface area contributed by atoms with Crippen LogP contribution in [0.5, 0.6) is 23.0 Å². The Labute approximate surface area is 193 Å². The summed E-state index contributed by atoms with van der Waals surface area (Å²) in [6.07, 6.45) is 0. The van der Waals surface area contributed by atoms with Gasteiger partial charge in [-0.3, -0.25) is 0 Å². The van der Waals surface area contributed by atoms with Gasteiger partial charge in [-0.1, -0.05) is 23.5 Å². The number of benzene rings is 2. The summed E-state index contributed by atoms with van der Waals surface area (Å²) in [5.41, 5.74) is 8.78. The fraction of sp³-hybridized carbons (Fsp3) is 0.182. The third-order valence-electron chi connectivity index (χ3n) is 4.63. The minimum atomic E-state index is 0.413. The number of rotatable bonds is 8. The number of thiazole rings is 2. The highest BCUT2D eigenvalue weighted by atomic mass is 32.1. The average Bonchev–Trinajstić information content (AvgIpc) is 3.45. The first-order valence-corrected chi connectivity index (χ1v) is 11.2. The first-order chi connectivity index (χ1) is 15.6. The molecule has 0 aliphatic heterocycles. The second-order valence-corrected chi connectivity index (χ2v) is 8.40. The van der Waals surface area contributed by atoms with Crippen LogP contribution in [0.4, 0.5) is 16.6 Å².